The summed E-state index contributed by atoms with van der Waals surface area (Å²) in [5.41, 5.74) is 4.37. The fourth-order valence-electron chi connectivity index (χ4n) is 3.60. The van der Waals surface area contributed by atoms with E-state index >= 15 is 0 Å². The maximum Gasteiger partial charge on any atom is 0.247 e. The van der Waals surface area contributed by atoms with Crippen molar-refractivity contribution < 1.29 is 9.59 Å². The van der Waals surface area contributed by atoms with Crippen LogP contribution in [0, 0.1) is 5.92 Å². The summed E-state index contributed by atoms with van der Waals surface area (Å²) in [4.78, 5) is 25.7. The van der Waals surface area contributed by atoms with Crippen LogP contribution < -0.4 is 16.0 Å². The number of nitrogens with one attached hydrogen (secondary N) is 3. The third kappa shape index (κ3) is 5.24. The molecule has 2 amide bonds. The molecule has 0 saturated heterocycles. The zero-order valence-electron chi connectivity index (χ0n) is 17.7. The van der Waals surface area contributed by atoms with Crippen molar-refractivity contribution in [1.29, 1.82) is 0 Å². The largest absolute Gasteiger partial charge is 0.343 e. The molecule has 3 rings (SSSR count). The molecule has 0 saturated carbocycles. The molecule has 5 heteroatoms. The van der Waals surface area contributed by atoms with Crippen LogP contribution in [0.1, 0.15) is 50.3 Å². The van der Waals surface area contributed by atoms with E-state index in [1.807, 2.05) is 50.2 Å². The molecule has 29 heavy (non-hydrogen) atoms. The standard InChI is InChI=1S/C24H31N3O2/c1-15(2)17-9-11-20(12-10-17)26-24(29)22(16(3)4)27-23(28)21-13-18-7-5-6-8-19(18)14-25-21/h5-12,15-16,21-22,25H,13-14H2,1-4H3,(H,26,29)(H,27,28)/t21-,22+/m0/s1. The van der Waals surface area contributed by atoms with Gasteiger partial charge in [-0.05, 0) is 47.1 Å². The first-order valence-corrected chi connectivity index (χ1v) is 10.4. The highest BCUT2D eigenvalue weighted by molar-refractivity contribution is 5.98. The zero-order valence-corrected chi connectivity index (χ0v) is 17.7. The van der Waals surface area contributed by atoms with Gasteiger partial charge in [0.15, 0.2) is 0 Å². The number of carbonyl (C=O) groups is 2. The first-order chi connectivity index (χ1) is 13.8. The van der Waals surface area contributed by atoms with Crippen molar-refractivity contribution in [2.24, 2.45) is 5.92 Å². The molecule has 5 nitrogen and oxygen atoms in total. The smallest absolute Gasteiger partial charge is 0.247 e. The molecule has 2 aromatic rings. The van der Waals surface area contributed by atoms with Crippen LogP contribution in [0.5, 0.6) is 0 Å². The van der Waals surface area contributed by atoms with Crippen molar-refractivity contribution in [1.82, 2.24) is 10.6 Å². The second kappa shape index (κ2) is 9.23. The van der Waals surface area contributed by atoms with Gasteiger partial charge in [0, 0.05) is 12.2 Å². The normalized spacial score (nSPS) is 17.0. The van der Waals surface area contributed by atoms with Gasteiger partial charge < -0.3 is 16.0 Å². The van der Waals surface area contributed by atoms with Crippen LogP contribution >= 0.6 is 0 Å². The first kappa shape index (κ1) is 21.1. The van der Waals surface area contributed by atoms with Crippen molar-refractivity contribution in [2.45, 2.75) is 58.7 Å². The van der Waals surface area contributed by atoms with Gasteiger partial charge in [-0.2, -0.15) is 0 Å². The molecule has 0 aromatic heterocycles. The highest BCUT2D eigenvalue weighted by Gasteiger charge is 2.29. The summed E-state index contributed by atoms with van der Waals surface area (Å²) >= 11 is 0. The van der Waals surface area contributed by atoms with Gasteiger partial charge in [-0.15, -0.1) is 0 Å². The molecule has 0 spiro atoms. The van der Waals surface area contributed by atoms with Gasteiger partial charge in [0.1, 0.15) is 6.04 Å². The average Bonchev–Trinajstić information content (AvgIpc) is 2.71. The van der Waals surface area contributed by atoms with Gasteiger partial charge in [0.25, 0.3) is 0 Å². The quantitative estimate of drug-likeness (QED) is 0.702. The number of hydrogen-bond donors (Lipinski definition) is 3. The van der Waals surface area contributed by atoms with Crippen LogP contribution in [-0.4, -0.2) is 23.9 Å². The SMILES string of the molecule is CC(C)c1ccc(NC(=O)[C@H](NC(=O)[C@@H]2Cc3ccccc3CN2)C(C)C)cc1. The molecule has 1 heterocycles. The lowest BCUT2D eigenvalue weighted by Gasteiger charge is -2.28. The molecule has 154 valence electrons. The van der Waals surface area contributed by atoms with Gasteiger partial charge in [-0.3, -0.25) is 9.59 Å². The van der Waals surface area contributed by atoms with Crippen molar-refractivity contribution in [3.63, 3.8) is 0 Å². The second-order valence-corrected chi connectivity index (χ2v) is 8.40. The van der Waals surface area contributed by atoms with Crippen LogP contribution in [0.3, 0.4) is 0 Å². The van der Waals surface area contributed by atoms with E-state index in [0.29, 0.717) is 18.9 Å². The van der Waals surface area contributed by atoms with Crippen LogP contribution in [0.4, 0.5) is 5.69 Å². The van der Waals surface area contributed by atoms with Gasteiger partial charge >= 0.3 is 0 Å². The molecule has 0 radical (unpaired) electrons. The zero-order chi connectivity index (χ0) is 21.0. The maximum atomic E-state index is 12.8. The minimum absolute atomic E-state index is 0.0234. The van der Waals surface area contributed by atoms with E-state index in [2.05, 4.69) is 41.9 Å². The molecule has 2 atom stereocenters. The highest BCUT2D eigenvalue weighted by atomic mass is 16.2. The van der Waals surface area contributed by atoms with E-state index in [4.69, 9.17) is 0 Å². The molecule has 0 fully saturated rings. The third-order valence-electron chi connectivity index (χ3n) is 5.49. The summed E-state index contributed by atoms with van der Waals surface area (Å²) in [5, 5.41) is 9.17. The number of fused-ring (bicyclic) bond motifs is 1. The van der Waals surface area contributed by atoms with E-state index in [1.165, 1.54) is 16.7 Å². The Morgan fingerprint density at radius 1 is 0.966 bits per heavy atom. The van der Waals surface area contributed by atoms with E-state index in [9.17, 15) is 9.59 Å². The van der Waals surface area contributed by atoms with Crippen molar-refractivity contribution in [3.05, 3.63) is 65.2 Å². The van der Waals surface area contributed by atoms with Gasteiger partial charge in [-0.1, -0.05) is 64.1 Å². The first-order valence-electron chi connectivity index (χ1n) is 10.4. The summed E-state index contributed by atoms with van der Waals surface area (Å²) in [6.45, 7) is 8.81. The lowest BCUT2D eigenvalue weighted by molar-refractivity contribution is -0.128. The number of carbonyl (C=O) groups excluding carboxylic acids is 2. The predicted molar refractivity (Wildman–Crippen MR) is 117 cm³/mol. The Bertz CT molecular complexity index is 859. The van der Waals surface area contributed by atoms with Gasteiger partial charge in [0.05, 0.1) is 6.04 Å². The molecule has 1 aliphatic rings. The molecule has 1 aliphatic heterocycles. The lowest BCUT2D eigenvalue weighted by atomic mass is 9.94. The highest BCUT2D eigenvalue weighted by Crippen LogP contribution is 2.19. The molecule has 0 aliphatic carbocycles. The second-order valence-electron chi connectivity index (χ2n) is 8.40. The molecule has 0 unspecified atom stereocenters. The fraction of sp³-hybridized carbons (Fsp3) is 0.417. The van der Waals surface area contributed by atoms with E-state index in [1.54, 1.807) is 0 Å². The Kier molecular flexibility index (Phi) is 6.70. The molecule has 2 aromatic carbocycles. The fourth-order valence-corrected chi connectivity index (χ4v) is 3.60. The lowest BCUT2D eigenvalue weighted by Crippen LogP contribution is -2.54. The van der Waals surface area contributed by atoms with Crippen molar-refractivity contribution in [3.8, 4) is 0 Å². The van der Waals surface area contributed by atoms with Crippen molar-refractivity contribution in [2.75, 3.05) is 5.32 Å². The predicted octanol–water partition coefficient (Wildman–Crippen LogP) is 3.60. The summed E-state index contributed by atoms with van der Waals surface area (Å²) in [6.07, 6.45) is 0.630. The number of hydrogen-bond acceptors (Lipinski definition) is 3. The number of amides is 2. The van der Waals surface area contributed by atoms with E-state index in [-0.39, 0.29) is 23.8 Å². The van der Waals surface area contributed by atoms with Crippen LogP contribution in [0.2, 0.25) is 0 Å². The monoisotopic (exact) mass is 393 g/mol. The molecular weight excluding hydrogens is 362 g/mol. The van der Waals surface area contributed by atoms with Crippen LogP contribution in [-0.2, 0) is 22.6 Å². The van der Waals surface area contributed by atoms with Crippen LogP contribution in [0.25, 0.3) is 0 Å². The van der Waals surface area contributed by atoms with Gasteiger partial charge in [-0.25, -0.2) is 0 Å². The molecule has 0 bridgehead atoms. The van der Waals surface area contributed by atoms with Crippen LogP contribution in [0.15, 0.2) is 48.5 Å². The Hall–Kier alpha value is -2.66. The minimum Gasteiger partial charge on any atom is -0.343 e. The Morgan fingerprint density at radius 3 is 2.24 bits per heavy atom. The summed E-state index contributed by atoms with van der Waals surface area (Å²) in [7, 11) is 0. The summed E-state index contributed by atoms with van der Waals surface area (Å²) < 4.78 is 0. The molecular formula is C24H31N3O2. The summed E-state index contributed by atoms with van der Waals surface area (Å²) in [5.74, 6) is 0.0886. The Morgan fingerprint density at radius 2 is 1.62 bits per heavy atom. The minimum atomic E-state index is -0.591. The third-order valence-corrected chi connectivity index (χ3v) is 5.49. The van der Waals surface area contributed by atoms with Gasteiger partial charge in [0.2, 0.25) is 11.8 Å². The average molecular weight is 394 g/mol. The maximum absolute atomic E-state index is 12.8. The van der Waals surface area contributed by atoms with E-state index in [0.717, 1.165) is 5.69 Å². The summed E-state index contributed by atoms with van der Waals surface area (Å²) in [6, 6.07) is 15.1. The van der Waals surface area contributed by atoms with E-state index < -0.39 is 6.04 Å². The Labute approximate surface area is 173 Å². The number of anilines is 1. The van der Waals surface area contributed by atoms with Crippen molar-refractivity contribution >= 4 is 17.5 Å². The number of benzene rings is 2. The topological polar surface area (TPSA) is 70.2 Å². The Balaban J connectivity index is 1.63. The number of rotatable bonds is 6. The molecule has 3 N–H and O–H groups in total.